The van der Waals surface area contributed by atoms with Gasteiger partial charge in [0.2, 0.25) is 11.1 Å². The number of rotatable bonds is 5. The van der Waals surface area contributed by atoms with Crippen LogP contribution in [-0.2, 0) is 4.79 Å². The largest absolute Gasteiger partial charge is 0.325 e. The lowest BCUT2D eigenvalue weighted by atomic mass is 10.3. The van der Waals surface area contributed by atoms with Crippen molar-refractivity contribution < 1.29 is 4.79 Å². The fourth-order valence-corrected chi connectivity index (χ4v) is 2.49. The average Bonchev–Trinajstić information content (AvgIpc) is 2.85. The van der Waals surface area contributed by atoms with E-state index in [-0.39, 0.29) is 17.7 Å². The van der Waals surface area contributed by atoms with Crippen LogP contribution in [0.4, 0.5) is 5.69 Å². The smallest absolute Gasteiger partial charge is 0.234 e. The van der Waals surface area contributed by atoms with E-state index in [2.05, 4.69) is 20.8 Å². The number of benzene rings is 1. The van der Waals surface area contributed by atoms with E-state index in [0.717, 1.165) is 0 Å². The predicted molar refractivity (Wildman–Crippen MR) is 79.0 cm³/mol. The van der Waals surface area contributed by atoms with Crippen LogP contribution in [0.15, 0.2) is 29.4 Å². The minimum atomic E-state index is -0.129. The first-order valence-electron chi connectivity index (χ1n) is 6.02. The first-order chi connectivity index (χ1) is 9.56. The van der Waals surface area contributed by atoms with Crippen LogP contribution in [0.5, 0.6) is 0 Å². The third kappa shape index (κ3) is 3.94. The van der Waals surface area contributed by atoms with Crippen LogP contribution >= 0.6 is 23.4 Å². The van der Waals surface area contributed by atoms with Crippen LogP contribution in [0.25, 0.3) is 0 Å². The molecule has 2 aromatic rings. The molecular weight excluding hydrogens is 298 g/mol. The van der Waals surface area contributed by atoms with Gasteiger partial charge < -0.3 is 5.32 Å². The van der Waals surface area contributed by atoms with Crippen molar-refractivity contribution in [2.75, 3.05) is 11.1 Å². The summed E-state index contributed by atoms with van der Waals surface area (Å²) in [5.74, 6) is 0.107. The van der Waals surface area contributed by atoms with E-state index < -0.39 is 0 Å². The van der Waals surface area contributed by atoms with Crippen LogP contribution < -0.4 is 5.32 Å². The van der Waals surface area contributed by atoms with Gasteiger partial charge in [0.25, 0.3) is 0 Å². The molecule has 6 nitrogen and oxygen atoms in total. The molecular formula is C12H14ClN5OS. The quantitative estimate of drug-likeness (QED) is 0.859. The van der Waals surface area contributed by atoms with Crippen LogP contribution in [0.1, 0.15) is 19.9 Å². The molecule has 0 atom stereocenters. The van der Waals surface area contributed by atoms with Crippen molar-refractivity contribution in [3.05, 3.63) is 29.3 Å². The summed E-state index contributed by atoms with van der Waals surface area (Å²) in [4.78, 5) is 11.8. The van der Waals surface area contributed by atoms with Crippen molar-refractivity contribution in [1.29, 1.82) is 0 Å². The van der Waals surface area contributed by atoms with Crippen LogP contribution in [-0.4, -0.2) is 31.9 Å². The van der Waals surface area contributed by atoms with Gasteiger partial charge in [0.1, 0.15) is 0 Å². The summed E-state index contributed by atoms with van der Waals surface area (Å²) in [5.41, 5.74) is 0.673. The van der Waals surface area contributed by atoms with E-state index in [4.69, 9.17) is 11.6 Å². The van der Waals surface area contributed by atoms with Crippen molar-refractivity contribution in [3.8, 4) is 0 Å². The Balaban J connectivity index is 1.91. The summed E-state index contributed by atoms with van der Waals surface area (Å²) in [7, 11) is 0. The van der Waals surface area contributed by atoms with Gasteiger partial charge in [-0.05, 0) is 42.5 Å². The molecule has 0 spiro atoms. The molecule has 1 heterocycles. The zero-order chi connectivity index (χ0) is 14.5. The van der Waals surface area contributed by atoms with Crippen LogP contribution in [0.2, 0.25) is 5.02 Å². The molecule has 1 amide bonds. The third-order valence-electron chi connectivity index (χ3n) is 2.39. The number of carbonyl (C=O) groups excluding carboxylic acids is 1. The Kier molecular flexibility index (Phi) is 4.97. The summed E-state index contributed by atoms with van der Waals surface area (Å²) in [5, 5.41) is 15.4. The molecule has 1 aromatic carbocycles. The second kappa shape index (κ2) is 6.71. The van der Waals surface area contributed by atoms with E-state index in [1.165, 1.54) is 11.8 Å². The SMILES string of the molecule is CC(C)n1nnnc1SCC(=O)Nc1cccc(Cl)c1. The molecule has 0 bridgehead atoms. The number of halogens is 1. The molecule has 0 aliphatic carbocycles. The highest BCUT2D eigenvalue weighted by molar-refractivity contribution is 7.99. The molecule has 0 fully saturated rings. The third-order valence-corrected chi connectivity index (χ3v) is 3.56. The number of hydrogen-bond donors (Lipinski definition) is 1. The van der Waals surface area contributed by atoms with Gasteiger partial charge in [-0.1, -0.05) is 29.4 Å². The first kappa shape index (κ1) is 14.8. The molecule has 8 heteroatoms. The number of carbonyl (C=O) groups is 1. The molecule has 0 aliphatic rings. The fourth-order valence-electron chi connectivity index (χ4n) is 1.50. The molecule has 1 N–H and O–H groups in total. The summed E-state index contributed by atoms with van der Waals surface area (Å²) in [6.07, 6.45) is 0. The highest BCUT2D eigenvalue weighted by Crippen LogP contribution is 2.19. The zero-order valence-corrected chi connectivity index (χ0v) is 12.6. The molecule has 2 rings (SSSR count). The molecule has 0 unspecified atom stereocenters. The molecule has 0 saturated carbocycles. The molecule has 0 saturated heterocycles. The molecule has 0 aliphatic heterocycles. The second-order valence-electron chi connectivity index (χ2n) is 4.35. The Morgan fingerprint density at radius 2 is 2.30 bits per heavy atom. The number of nitrogens with zero attached hydrogens (tertiary/aromatic N) is 4. The monoisotopic (exact) mass is 311 g/mol. The minimum Gasteiger partial charge on any atom is -0.325 e. The maximum absolute atomic E-state index is 11.8. The summed E-state index contributed by atoms with van der Waals surface area (Å²) in [6, 6.07) is 7.17. The maximum Gasteiger partial charge on any atom is 0.234 e. The van der Waals surface area contributed by atoms with Gasteiger partial charge >= 0.3 is 0 Å². The van der Waals surface area contributed by atoms with Gasteiger partial charge in [0.05, 0.1) is 11.8 Å². The molecule has 106 valence electrons. The molecule has 1 aromatic heterocycles. The van der Waals surface area contributed by atoms with Crippen molar-refractivity contribution in [3.63, 3.8) is 0 Å². The van der Waals surface area contributed by atoms with Gasteiger partial charge in [0.15, 0.2) is 0 Å². The lowest BCUT2D eigenvalue weighted by Crippen LogP contribution is -2.15. The Hall–Kier alpha value is -1.60. The molecule has 0 radical (unpaired) electrons. The molecule has 20 heavy (non-hydrogen) atoms. The van der Waals surface area contributed by atoms with Crippen LogP contribution in [0, 0.1) is 0 Å². The number of hydrogen-bond acceptors (Lipinski definition) is 5. The van der Waals surface area contributed by atoms with Crippen molar-refractivity contribution in [2.24, 2.45) is 0 Å². The van der Waals surface area contributed by atoms with Crippen molar-refractivity contribution >= 4 is 35.0 Å². The zero-order valence-electron chi connectivity index (χ0n) is 11.1. The standard InChI is InChI=1S/C12H14ClN5OS/c1-8(2)18-12(15-16-17-18)20-7-11(19)14-10-5-3-4-9(13)6-10/h3-6,8H,7H2,1-2H3,(H,14,19). The number of amides is 1. The summed E-state index contributed by atoms with van der Waals surface area (Å²) >= 11 is 7.15. The normalized spacial score (nSPS) is 10.8. The lowest BCUT2D eigenvalue weighted by Gasteiger charge is -2.07. The lowest BCUT2D eigenvalue weighted by molar-refractivity contribution is -0.113. The van der Waals surface area contributed by atoms with E-state index in [1.54, 1.807) is 28.9 Å². The first-order valence-corrected chi connectivity index (χ1v) is 7.38. The van der Waals surface area contributed by atoms with E-state index in [0.29, 0.717) is 15.9 Å². The van der Waals surface area contributed by atoms with Gasteiger partial charge in [-0.25, -0.2) is 4.68 Å². The highest BCUT2D eigenvalue weighted by Gasteiger charge is 2.12. The highest BCUT2D eigenvalue weighted by atomic mass is 35.5. The second-order valence-corrected chi connectivity index (χ2v) is 5.73. The van der Waals surface area contributed by atoms with Crippen molar-refractivity contribution in [1.82, 2.24) is 20.2 Å². The van der Waals surface area contributed by atoms with E-state index in [1.807, 2.05) is 13.8 Å². The van der Waals surface area contributed by atoms with Gasteiger partial charge in [0, 0.05) is 10.7 Å². The number of tetrazole rings is 1. The number of thioether (sulfide) groups is 1. The maximum atomic E-state index is 11.8. The van der Waals surface area contributed by atoms with Crippen LogP contribution in [0.3, 0.4) is 0 Å². The number of nitrogens with one attached hydrogen (secondary N) is 1. The van der Waals surface area contributed by atoms with E-state index in [9.17, 15) is 4.79 Å². The summed E-state index contributed by atoms with van der Waals surface area (Å²) < 4.78 is 1.68. The Morgan fingerprint density at radius 1 is 1.50 bits per heavy atom. The fraction of sp³-hybridized carbons (Fsp3) is 0.333. The number of aromatic nitrogens is 4. The Morgan fingerprint density at radius 3 is 3.00 bits per heavy atom. The Labute approximate surface area is 125 Å². The number of anilines is 1. The van der Waals surface area contributed by atoms with Crippen molar-refractivity contribution in [2.45, 2.75) is 25.0 Å². The van der Waals surface area contributed by atoms with Gasteiger partial charge in [-0.3, -0.25) is 4.79 Å². The van der Waals surface area contributed by atoms with Gasteiger partial charge in [-0.2, -0.15) is 0 Å². The van der Waals surface area contributed by atoms with E-state index >= 15 is 0 Å². The predicted octanol–water partition coefficient (Wildman–Crippen LogP) is 2.64. The minimum absolute atomic E-state index is 0.129. The Bertz CT molecular complexity index is 601. The topological polar surface area (TPSA) is 72.7 Å². The average molecular weight is 312 g/mol. The summed E-state index contributed by atoms with van der Waals surface area (Å²) in [6.45, 7) is 3.96. The van der Waals surface area contributed by atoms with Gasteiger partial charge in [-0.15, -0.1) is 5.10 Å².